The number of nitrogens with one attached hydrogen (secondary N) is 1. The predicted octanol–water partition coefficient (Wildman–Crippen LogP) is 1.76. The van der Waals surface area contributed by atoms with Crippen LogP contribution in [0.5, 0.6) is 0 Å². The highest BCUT2D eigenvalue weighted by Crippen LogP contribution is 2.16. The number of H-pyrrole nitrogens is 1. The fourth-order valence-corrected chi connectivity index (χ4v) is 3.29. The van der Waals surface area contributed by atoms with Crippen molar-refractivity contribution in [2.45, 2.75) is 23.3 Å². The molecular weight excluding hydrogens is 284 g/mol. The van der Waals surface area contributed by atoms with Crippen LogP contribution in [0.1, 0.15) is 6.92 Å². The van der Waals surface area contributed by atoms with Crippen molar-refractivity contribution < 1.29 is 8.42 Å². The fourth-order valence-electron chi connectivity index (χ4n) is 1.70. The van der Waals surface area contributed by atoms with Crippen LogP contribution in [-0.4, -0.2) is 18.0 Å². The summed E-state index contributed by atoms with van der Waals surface area (Å²) in [7, 11) is -3.83. The van der Waals surface area contributed by atoms with Crippen LogP contribution in [-0.2, 0) is 16.4 Å². The quantitative estimate of drug-likeness (QED) is 0.876. The first kappa shape index (κ1) is 13.7. The summed E-state index contributed by atoms with van der Waals surface area (Å²) in [6.07, 6.45) is 1.15. The van der Waals surface area contributed by atoms with E-state index in [0.717, 1.165) is 6.20 Å². The summed E-state index contributed by atoms with van der Waals surface area (Å²) in [5.74, 6) is 0. The van der Waals surface area contributed by atoms with Gasteiger partial charge in [-0.1, -0.05) is 18.2 Å². The fraction of sp³-hybridized carbons (Fsp3) is 0.167. The van der Waals surface area contributed by atoms with Crippen molar-refractivity contribution in [3.63, 3.8) is 0 Å². The van der Waals surface area contributed by atoms with Crippen molar-refractivity contribution in [3.8, 4) is 0 Å². The van der Waals surface area contributed by atoms with Gasteiger partial charge in [-0.15, -0.1) is 0 Å². The van der Waals surface area contributed by atoms with E-state index in [9.17, 15) is 13.2 Å². The average Bonchev–Trinajstić information content (AvgIpc) is 2.40. The highest BCUT2D eigenvalue weighted by atomic mass is 32.2. The van der Waals surface area contributed by atoms with Gasteiger partial charge in [0.1, 0.15) is 0 Å². The second kappa shape index (κ2) is 5.10. The van der Waals surface area contributed by atoms with Gasteiger partial charge in [-0.05, 0) is 31.3 Å². The Balaban J connectivity index is 2.74. The number of aromatic nitrogens is 2. The van der Waals surface area contributed by atoms with Crippen molar-refractivity contribution in [3.05, 3.63) is 51.7 Å². The maximum absolute atomic E-state index is 12.4. The highest BCUT2D eigenvalue weighted by Gasteiger charge is 2.22. The molecule has 0 saturated heterocycles. The summed E-state index contributed by atoms with van der Waals surface area (Å²) in [4.78, 5) is 14.6. The van der Waals surface area contributed by atoms with E-state index in [4.69, 9.17) is 12.2 Å². The smallest absolute Gasteiger partial charge is 0.273 e. The van der Waals surface area contributed by atoms with Crippen LogP contribution < -0.4 is 5.56 Å². The van der Waals surface area contributed by atoms with Crippen LogP contribution in [0, 0.1) is 4.77 Å². The Morgan fingerprint density at radius 2 is 1.89 bits per heavy atom. The second-order valence-electron chi connectivity index (χ2n) is 3.82. The zero-order valence-electron chi connectivity index (χ0n) is 10.2. The Morgan fingerprint density at radius 1 is 1.26 bits per heavy atom. The summed E-state index contributed by atoms with van der Waals surface area (Å²) in [6, 6.07) is 7.83. The maximum atomic E-state index is 12.4. The van der Waals surface area contributed by atoms with Gasteiger partial charge in [-0.25, -0.2) is 8.42 Å². The van der Waals surface area contributed by atoms with Crippen molar-refractivity contribution in [2.75, 3.05) is 0 Å². The van der Waals surface area contributed by atoms with E-state index in [1.807, 2.05) is 0 Å². The molecule has 0 saturated carbocycles. The number of rotatable bonds is 3. The van der Waals surface area contributed by atoms with Gasteiger partial charge >= 0.3 is 0 Å². The molecular formula is C12H12N2O3S2. The molecule has 0 aliphatic rings. The summed E-state index contributed by atoms with van der Waals surface area (Å²) in [6.45, 7) is 2.04. The molecule has 0 spiro atoms. The molecule has 0 unspecified atom stereocenters. The Kier molecular flexibility index (Phi) is 3.68. The largest absolute Gasteiger partial charge is 0.337 e. The number of sulfone groups is 1. The lowest BCUT2D eigenvalue weighted by molar-refractivity contribution is 0.588. The van der Waals surface area contributed by atoms with Crippen LogP contribution in [0.3, 0.4) is 0 Å². The van der Waals surface area contributed by atoms with Crippen LogP contribution in [0.4, 0.5) is 0 Å². The van der Waals surface area contributed by atoms with E-state index in [2.05, 4.69) is 4.98 Å². The van der Waals surface area contributed by atoms with Gasteiger partial charge in [0.15, 0.2) is 9.67 Å². The first-order chi connectivity index (χ1) is 8.98. The molecule has 1 N–H and O–H groups in total. The first-order valence-corrected chi connectivity index (χ1v) is 7.50. The summed E-state index contributed by atoms with van der Waals surface area (Å²) < 4.78 is 26.2. The third kappa shape index (κ3) is 2.39. The van der Waals surface area contributed by atoms with Crippen molar-refractivity contribution >= 4 is 22.1 Å². The van der Waals surface area contributed by atoms with E-state index < -0.39 is 15.4 Å². The number of nitrogens with zero attached hydrogens (tertiary/aromatic N) is 1. The monoisotopic (exact) mass is 296 g/mol. The molecule has 0 aliphatic heterocycles. The second-order valence-corrected chi connectivity index (χ2v) is 6.13. The SMILES string of the molecule is CCn1c(=S)[nH]cc(S(=O)(=O)c2ccccc2)c1=O. The first-order valence-electron chi connectivity index (χ1n) is 5.61. The third-order valence-electron chi connectivity index (χ3n) is 2.69. The van der Waals surface area contributed by atoms with Gasteiger partial charge in [0.05, 0.1) is 4.90 Å². The summed E-state index contributed by atoms with van der Waals surface area (Å²) in [5.41, 5.74) is -0.602. The van der Waals surface area contributed by atoms with Gasteiger partial charge in [0.25, 0.3) is 5.56 Å². The molecule has 7 heteroatoms. The van der Waals surface area contributed by atoms with Gasteiger partial charge < -0.3 is 4.98 Å². The van der Waals surface area contributed by atoms with Crippen LogP contribution in [0.15, 0.2) is 51.1 Å². The Hall–Kier alpha value is -1.73. The number of hydrogen-bond acceptors (Lipinski definition) is 4. The number of hydrogen-bond donors (Lipinski definition) is 1. The lowest BCUT2D eigenvalue weighted by atomic mass is 10.4. The molecule has 2 rings (SSSR count). The topological polar surface area (TPSA) is 71.9 Å². The molecule has 0 aliphatic carbocycles. The van der Waals surface area contributed by atoms with Crippen LogP contribution in [0.25, 0.3) is 0 Å². The van der Waals surface area contributed by atoms with Crippen LogP contribution in [0.2, 0.25) is 0 Å². The maximum Gasteiger partial charge on any atom is 0.273 e. The minimum absolute atomic E-state index is 0.0836. The molecule has 19 heavy (non-hydrogen) atoms. The van der Waals surface area contributed by atoms with E-state index >= 15 is 0 Å². The summed E-state index contributed by atoms with van der Waals surface area (Å²) in [5, 5.41) is 0. The van der Waals surface area contributed by atoms with Gasteiger partial charge in [-0.3, -0.25) is 9.36 Å². The molecule has 1 aromatic carbocycles. The van der Waals surface area contributed by atoms with Gasteiger partial charge in [0.2, 0.25) is 9.84 Å². The minimum Gasteiger partial charge on any atom is -0.337 e. The van der Waals surface area contributed by atoms with Crippen molar-refractivity contribution in [1.82, 2.24) is 9.55 Å². The molecule has 0 atom stereocenters. The lowest BCUT2D eigenvalue weighted by Gasteiger charge is -2.07. The standard InChI is InChI=1S/C12H12N2O3S2/c1-2-14-11(15)10(8-13-12(14)18)19(16,17)9-6-4-3-5-7-9/h3-8H,2H2,1H3,(H,13,18). The molecule has 2 aromatic rings. The molecule has 0 bridgehead atoms. The summed E-state index contributed by atoms with van der Waals surface area (Å²) >= 11 is 4.95. The van der Waals surface area contributed by atoms with Crippen molar-refractivity contribution in [2.24, 2.45) is 0 Å². The van der Waals surface area contributed by atoms with E-state index in [-0.39, 0.29) is 14.6 Å². The van der Waals surface area contributed by atoms with Crippen LogP contribution >= 0.6 is 12.2 Å². The molecule has 0 radical (unpaired) electrons. The minimum atomic E-state index is -3.83. The molecule has 1 aromatic heterocycles. The zero-order valence-corrected chi connectivity index (χ0v) is 11.8. The Labute approximate surface area is 115 Å². The highest BCUT2D eigenvalue weighted by molar-refractivity contribution is 7.91. The number of benzene rings is 1. The van der Waals surface area contributed by atoms with E-state index in [1.54, 1.807) is 25.1 Å². The average molecular weight is 296 g/mol. The molecule has 5 nitrogen and oxygen atoms in total. The van der Waals surface area contributed by atoms with Crippen molar-refractivity contribution in [1.29, 1.82) is 0 Å². The normalized spacial score (nSPS) is 11.4. The lowest BCUT2D eigenvalue weighted by Crippen LogP contribution is -2.27. The number of aromatic amines is 1. The Morgan fingerprint density at radius 3 is 2.47 bits per heavy atom. The van der Waals surface area contributed by atoms with E-state index in [0.29, 0.717) is 6.54 Å². The molecule has 0 fully saturated rings. The molecule has 100 valence electrons. The van der Waals surface area contributed by atoms with Gasteiger partial charge in [-0.2, -0.15) is 0 Å². The van der Waals surface area contributed by atoms with Gasteiger partial charge in [0, 0.05) is 12.7 Å². The predicted molar refractivity (Wildman–Crippen MR) is 73.5 cm³/mol. The zero-order chi connectivity index (χ0) is 14.0. The third-order valence-corrected chi connectivity index (χ3v) is 4.79. The molecule has 1 heterocycles. The molecule has 0 amide bonds. The van der Waals surface area contributed by atoms with E-state index in [1.165, 1.54) is 16.7 Å². The Bertz CT molecular complexity index is 805.